The molecule has 0 aromatic heterocycles. The third-order valence-corrected chi connectivity index (χ3v) is 2.96. The number of nitrogens with zero attached hydrogens (tertiary/aromatic N) is 1. The maximum Gasteiger partial charge on any atom is 0.305 e. The Bertz CT molecular complexity index is 233. The van der Waals surface area contributed by atoms with E-state index in [9.17, 15) is 4.79 Å². The first kappa shape index (κ1) is 17.0. The Morgan fingerprint density at radius 1 is 0.944 bits per heavy atom. The van der Waals surface area contributed by atoms with Crippen LogP contribution in [-0.4, -0.2) is 19.1 Å². The Morgan fingerprint density at radius 2 is 1.44 bits per heavy atom. The molecule has 0 aliphatic rings. The predicted octanol–water partition coefficient (Wildman–Crippen LogP) is 4.37. The van der Waals surface area contributed by atoms with Crippen LogP contribution in [0.1, 0.15) is 71.1 Å². The van der Waals surface area contributed by atoms with Crippen LogP contribution in [0, 0.1) is 6.57 Å². The average molecular weight is 253 g/mol. The Morgan fingerprint density at radius 3 is 1.94 bits per heavy atom. The number of carbonyl (C=O) groups is 1. The molecular weight excluding hydrogens is 226 g/mol. The topological polar surface area (TPSA) is 30.7 Å². The summed E-state index contributed by atoms with van der Waals surface area (Å²) in [5.41, 5.74) is 0. The minimum absolute atomic E-state index is 0.0580. The maximum absolute atomic E-state index is 11.1. The summed E-state index contributed by atoms with van der Waals surface area (Å²) < 4.78 is 4.87. The first-order chi connectivity index (χ1) is 8.81. The van der Waals surface area contributed by atoms with Gasteiger partial charge in [-0.2, -0.15) is 0 Å². The molecule has 3 nitrogen and oxygen atoms in total. The van der Waals surface area contributed by atoms with Gasteiger partial charge in [-0.15, -0.1) is 0 Å². The van der Waals surface area contributed by atoms with E-state index in [1.807, 2.05) is 6.92 Å². The number of esters is 1. The van der Waals surface area contributed by atoms with Crippen molar-refractivity contribution in [2.24, 2.45) is 0 Å². The minimum atomic E-state index is -0.0580. The first-order valence-corrected chi connectivity index (χ1v) is 7.30. The predicted molar refractivity (Wildman–Crippen MR) is 74.3 cm³/mol. The Labute approximate surface area is 112 Å². The molecule has 0 saturated heterocycles. The van der Waals surface area contributed by atoms with Gasteiger partial charge in [0.15, 0.2) is 0 Å². The zero-order chi connectivity index (χ0) is 13.5. The minimum Gasteiger partial charge on any atom is -0.466 e. The van der Waals surface area contributed by atoms with E-state index in [4.69, 9.17) is 11.3 Å². The van der Waals surface area contributed by atoms with Gasteiger partial charge in [-0.05, 0) is 19.8 Å². The molecule has 18 heavy (non-hydrogen) atoms. The molecule has 0 heterocycles. The fraction of sp³-hybridized carbons (Fsp3) is 0.867. The second-order valence-electron chi connectivity index (χ2n) is 4.62. The van der Waals surface area contributed by atoms with E-state index in [1.54, 1.807) is 0 Å². The number of unbranched alkanes of at least 4 members (excludes halogenated alkanes) is 8. The van der Waals surface area contributed by atoms with E-state index in [-0.39, 0.29) is 5.97 Å². The molecule has 0 radical (unpaired) electrons. The quantitative estimate of drug-likeness (QED) is 0.294. The molecule has 0 unspecified atom stereocenters. The van der Waals surface area contributed by atoms with Gasteiger partial charge in [-0.1, -0.05) is 38.5 Å². The maximum atomic E-state index is 11.1. The molecule has 0 rings (SSSR count). The summed E-state index contributed by atoms with van der Waals surface area (Å²) in [4.78, 5) is 14.4. The molecular formula is C15H27NO2. The van der Waals surface area contributed by atoms with Crippen molar-refractivity contribution in [1.82, 2.24) is 0 Å². The number of hydrogen-bond acceptors (Lipinski definition) is 2. The zero-order valence-corrected chi connectivity index (χ0v) is 11.7. The Kier molecular flexibility index (Phi) is 13.2. The van der Waals surface area contributed by atoms with Crippen molar-refractivity contribution < 1.29 is 9.53 Å². The molecule has 0 bridgehead atoms. The second-order valence-corrected chi connectivity index (χ2v) is 4.62. The van der Waals surface area contributed by atoms with Gasteiger partial charge in [0.05, 0.1) is 6.61 Å². The van der Waals surface area contributed by atoms with Gasteiger partial charge in [-0.25, -0.2) is 6.57 Å². The van der Waals surface area contributed by atoms with Gasteiger partial charge in [0.25, 0.3) is 0 Å². The Balaban J connectivity index is 3.03. The van der Waals surface area contributed by atoms with Crippen LogP contribution < -0.4 is 0 Å². The third kappa shape index (κ3) is 13.0. The molecule has 0 aliphatic carbocycles. The summed E-state index contributed by atoms with van der Waals surface area (Å²) in [6, 6.07) is 0. The van der Waals surface area contributed by atoms with Crippen LogP contribution in [0.2, 0.25) is 0 Å². The fourth-order valence-electron chi connectivity index (χ4n) is 1.93. The molecule has 0 fully saturated rings. The van der Waals surface area contributed by atoms with Gasteiger partial charge in [0.1, 0.15) is 0 Å². The van der Waals surface area contributed by atoms with E-state index in [0.29, 0.717) is 19.6 Å². The molecule has 0 spiro atoms. The third-order valence-electron chi connectivity index (χ3n) is 2.96. The average Bonchev–Trinajstić information content (AvgIpc) is 2.36. The standard InChI is InChI=1S/C15H27NO2/c1-3-18-15(17)13-11-9-7-5-4-6-8-10-12-14-16-2/h3-14H2,1H3. The molecule has 0 saturated carbocycles. The summed E-state index contributed by atoms with van der Waals surface area (Å²) in [7, 11) is 0. The lowest BCUT2D eigenvalue weighted by molar-refractivity contribution is -0.143. The van der Waals surface area contributed by atoms with Crippen LogP contribution in [0.25, 0.3) is 4.85 Å². The normalized spacial score (nSPS) is 10.0. The van der Waals surface area contributed by atoms with Crippen molar-refractivity contribution in [3.05, 3.63) is 11.4 Å². The molecule has 0 aliphatic heterocycles. The highest BCUT2D eigenvalue weighted by molar-refractivity contribution is 5.69. The molecule has 3 heteroatoms. The Hall–Kier alpha value is -1.04. The molecule has 0 atom stereocenters. The van der Waals surface area contributed by atoms with Crippen molar-refractivity contribution in [3.63, 3.8) is 0 Å². The highest BCUT2D eigenvalue weighted by atomic mass is 16.5. The number of carbonyl (C=O) groups excluding carboxylic acids is 1. The largest absolute Gasteiger partial charge is 0.466 e. The SMILES string of the molecule is [C-]#[N+]CCCCCCCCCCCC(=O)OCC. The lowest BCUT2D eigenvalue weighted by Crippen LogP contribution is -2.03. The highest BCUT2D eigenvalue weighted by Crippen LogP contribution is 2.10. The fourth-order valence-corrected chi connectivity index (χ4v) is 1.93. The van der Waals surface area contributed by atoms with E-state index in [1.165, 1.54) is 38.5 Å². The van der Waals surface area contributed by atoms with Crippen LogP contribution in [0.4, 0.5) is 0 Å². The lowest BCUT2D eigenvalue weighted by atomic mass is 10.1. The molecule has 0 N–H and O–H groups in total. The van der Waals surface area contributed by atoms with Gasteiger partial charge in [0, 0.05) is 12.8 Å². The van der Waals surface area contributed by atoms with Crippen molar-refractivity contribution in [2.75, 3.05) is 13.2 Å². The number of rotatable bonds is 12. The summed E-state index contributed by atoms with van der Waals surface area (Å²) in [6.45, 7) is 9.69. The summed E-state index contributed by atoms with van der Waals surface area (Å²) in [5, 5.41) is 0. The monoisotopic (exact) mass is 253 g/mol. The van der Waals surface area contributed by atoms with Crippen molar-refractivity contribution in [1.29, 1.82) is 0 Å². The van der Waals surface area contributed by atoms with Crippen LogP contribution in [0.15, 0.2) is 0 Å². The van der Waals surface area contributed by atoms with Crippen LogP contribution in [0.5, 0.6) is 0 Å². The van der Waals surface area contributed by atoms with Crippen molar-refractivity contribution in [2.45, 2.75) is 71.1 Å². The molecule has 0 aromatic rings. The number of hydrogen-bond donors (Lipinski definition) is 0. The zero-order valence-electron chi connectivity index (χ0n) is 11.7. The van der Waals surface area contributed by atoms with Gasteiger partial charge in [0.2, 0.25) is 6.54 Å². The van der Waals surface area contributed by atoms with Crippen LogP contribution in [-0.2, 0) is 9.53 Å². The summed E-state index contributed by atoms with van der Waals surface area (Å²) >= 11 is 0. The van der Waals surface area contributed by atoms with Crippen molar-refractivity contribution in [3.8, 4) is 0 Å². The van der Waals surface area contributed by atoms with E-state index in [0.717, 1.165) is 19.3 Å². The first-order valence-electron chi connectivity index (χ1n) is 7.30. The van der Waals surface area contributed by atoms with Gasteiger partial charge in [-0.3, -0.25) is 4.79 Å². The van der Waals surface area contributed by atoms with Crippen LogP contribution in [0.3, 0.4) is 0 Å². The molecule has 104 valence electrons. The van der Waals surface area contributed by atoms with Crippen molar-refractivity contribution >= 4 is 5.97 Å². The second kappa shape index (κ2) is 14.0. The number of ether oxygens (including phenoxy) is 1. The van der Waals surface area contributed by atoms with Crippen LogP contribution >= 0.6 is 0 Å². The van der Waals surface area contributed by atoms with E-state index >= 15 is 0 Å². The highest BCUT2D eigenvalue weighted by Gasteiger charge is 2.00. The molecule has 0 amide bonds. The van der Waals surface area contributed by atoms with E-state index < -0.39 is 0 Å². The van der Waals surface area contributed by atoms with Gasteiger partial charge >= 0.3 is 5.97 Å². The van der Waals surface area contributed by atoms with E-state index in [2.05, 4.69) is 4.85 Å². The molecule has 0 aromatic carbocycles. The summed E-state index contributed by atoms with van der Waals surface area (Å²) in [5.74, 6) is -0.0580. The van der Waals surface area contributed by atoms with Gasteiger partial charge < -0.3 is 9.58 Å². The summed E-state index contributed by atoms with van der Waals surface area (Å²) in [6.07, 6.45) is 11.3. The lowest BCUT2D eigenvalue weighted by Gasteiger charge is -2.02. The smallest absolute Gasteiger partial charge is 0.305 e.